The molecule has 1 atom stereocenters. The van der Waals surface area contributed by atoms with Gasteiger partial charge < -0.3 is 25.7 Å². The molecule has 3 aromatic carbocycles. The van der Waals surface area contributed by atoms with Crippen molar-refractivity contribution < 1.29 is 19.7 Å². The van der Waals surface area contributed by atoms with E-state index >= 15 is 0 Å². The molecule has 0 unspecified atom stereocenters. The number of rotatable bonds is 8. The van der Waals surface area contributed by atoms with Crippen LogP contribution >= 0.6 is 0 Å². The molecule has 0 spiro atoms. The van der Waals surface area contributed by atoms with Crippen molar-refractivity contribution in [2.24, 2.45) is 5.73 Å². The van der Waals surface area contributed by atoms with Gasteiger partial charge in [0.1, 0.15) is 5.75 Å². The normalized spacial score (nSPS) is 11.8. The maximum Gasteiger partial charge on any atom is 0.252 e. The van der Waals surface area contributed by atoms with Gasteiger partial charge in [0, 0.05) is 39.7 Å². The molecular weight excluding hydrogens is 452 g/mol. The lowest BCUT2D eigenvalue weighted by molar-refractivity contribution is 0.0994. The predicted molar refractivity (Wildman–Crippen MR) is 141 cm³/mol. The Kier molecular flexibility index (Phi) is 7.74. The summed E-state index contributed by atoms with van der Waals surface area (Å²) in [6.45, 7) is 3.54. The second kappa shape index (κ2) is 11.1. The molecule has 184 valence electrons. The van der Waals surface area contributed by atoms with Gasteiger partial charge in [0.15, 0.2) is 0 Å². The number of primary amides is 1. The average molecular weight is 483 g/mol. The van der Waals surface area contributed by atoms with Crippen LogP contribution in [0.2, 0.25) is 0 Å². The number of hydrogen-bond donors (Lipinski definition) is 4. The largest absolute Gasteiger partial charge is 0.490 e. The van der Waals surface area contributed by atoms with E-state index in [1.165, 1.54) is 0 Å². The van der Waals surface area contributed by atoms with Crippen LogP contribution in [-0.4, -0.2) is 33.8 Å². The van der Waals surface area contributed by atoms with E-state index < -0.39 is 5.91 Å². The molecule has 4 rings (SSSR count). The second-order valence-electron chi connectivity index (χ2n) is 9.02. The minimum Gasteiger partial charge on any atom is -0.490 e. The van der Waals surface area contributed by atoms with Crippen molar-refractivity contribution in [3.8, 4) is 17.6 Å². The molecule has 0 fully saturated rings. The number of aliphatic hydroxyl groups excluding tert-OH is 2. The van der Waals surface area contributed by atoms with Gasteiger partial charge in [-0.2, -0.15) is 0 Å². The lowest BCUT2D eigenvalue weighted by Crippen LogP contribution is -2.19. The smallest absolute Gasteiger partial charge is 0.252 e. The molecule has 6 nitrogen and oxygen atoms in total. The summed E-state index contributed by atoms with van der Waals surface area (Å²) in [7, 11) is 0. The second-order valence-corrected chi connectivity index (χ2v) is 9.02. The molecule has 0 aliphatic rings. The van der Waals surface area contributed by atoms with E-state index in [4.69, 9.17) is 10.5 Å². The van der Waals surface area contributed by atoms with Crippen LogP contribution in [0.1, 0.15) is 57.9 Å². The first kappa shape index (κ1) is 25.1. The van der Waals surface area contributed by atoms with Crippen molar-refractivity contribution in [2.75, 3.05) is 6.61 Å². The van der Waals surface area contributed by atoms with E-state index in [1.807, 2.05) is 74.6 Å². The number of aromatic amines is 1. The summed E-state index contributed by atoms with van der Waals surface area (Å²) < 4.78 is 6.08. The first-order chi connectivity index (χ1) is 17.4. The highest BCUT2D eigenvalue weighted by Crippen LogP contribution is 2.35. The average Bonchev–Trinajstić information content (AvgIpc) is 3.29. The predicted octanol–water partition coefficient (Wildman–Crippen LogP) is 4.26. The van der Waals surface area contributed by atoms with E-state index in [1.54, 1.807) is 6.07 Å². The minimum atomic E-state index is -0.624. The number of fused-ring (bicyclic) bond motifs is 1. The maximum absolute atomic E-state index is 12.5. The zero-order valence-corrected chi connectivity index (χ0v) is 20.4. The molecular formula is C30H30N2O4. The van der Waals surface area contributed by atoms with Gasteiger partial charge in [-0.25, -0.2) is 0 Å². The number of nitrogens with two attached hydrogens (primary N) is 1. The maximum atomic E-state index is 12.5. The fraction of sp³-hybridized carbons (Fsp3) is 0.233. The van der Waals surface area contributed by atoms with Gasteiger partial charge in [0.25, 0.3) is 5.91 Å². The quantitative estimate of drug-likeness (QED) is 0.281. The Bertz CT molecular complexity index is 1440. The topological polar surface area (TPSA) is 109 Å². The highest BCUT2D eigenvalue weighted by molar-refractivity contribution is 5.96. The van der Waals surface area contributed by atoms with Crippen LogP contribution in [0.5, 0.6) is 5.75 Å². The summed E-state index contributed by atoms with van der Waals surface area (Å²) in [5.41, 5.74) is 10.8. The van der Waals surface area contributed by atoms with E-state index in [0.29, 0.717) is 23.3 Å². The standard InChI is InChI=1S/C30H30N2O4/c1-19(2)36-29-26(24(18-34)15-23-16-32-28-9-4-3-8-25(23)28)13-21(14-27(29)30(31)35)11-10-20-6-5-7-22(12-20)17-33/h3-9,12-14,16,19,24,32-34H,15,17-18H2,1-2H3,(H2,31,35)/t24-/m0/s1. The molecule has 0 aliphatic heterocycles. The highest BCUT2D eigenvalue weighted by Gasteiger charge is 2.24. The van der Waals surface area contributed by atoms with Crippen LogP contribution in [0, 0.1) is 11.8 Å². The summed E-state index contributed by atoms with van der Waals surface area (Å²) in [5.74, 6) is 5.61. The van der Waals surface area contributed by atoms with Crippen molar-refractivity contribution in [3.05, 3.63) is 100 Å². The fourth-order valence-corrected chi connectivity index (χ4v) is 4.31. The third-order valence-corrected chi connectivity index (χ3v) is 6.00. The molecule has 4 aromatic rings. The summed E-state index contributed by atoms with van der Waals surface area (Å²) in [6, 6.07) is 18.8. The number of aromatic nitrogens is 1. The molecule has 0 aliphatic carbocycles. The van der Waals surface area contributed by atoms with Crippen LogP contribution in [0.25, 0.3) is 10.9 Å². The summed E-state index contributed by atoms with van der Waals surface area (Å²) in [6.07, 6.45) is 2.28. The number of benzene rings is 3. The Morgan fingerprint density at radius 2 is 1.81 bits per heavy atom. The Morgan fingerprint density at radius 1 is 1.03 bits per heavy atom. The SMILES string of the molecule is CC(C)Oc1c(C(N)=O)cc(C#Cc2cccc(CO)c2)cc1[C@H](CO)Cc1c[nH]c2ccccc12. The zero-order chi connectivity index (χ0) is 25.7. The van der Waals surface area contributed by atoms with Crippen molar-refractivity contribution in [3.63, 3.8) is 0 Å². The van der Waals surface area contributed by atoms with Crippen LogP contribution in [0.15, 0.2) is 66.9 Å². The van der Waals surface area contributed by atoms with E-state index in [0.717, 1.165) is 27.6 Å². The van der Waals surface area contributed by atoms with Crippen LogP contribution in [0.3, 0.4) is 0 Å². The number of carbonyl (C=O) groups excluding carboxylic acids is 1. The highest BCUT2D eigenvalue weighted by atomic mass is 16.5. The zero-order valence-electron chi connectivity index (χ0n) is 20.4. The molecule has 0 saturated heterocycles. The molecule has 5 N–H and O–H groups in total. The van der Waals surface area contributed by atoms with Crippen LogP contribution < -0.4 is 10.5 Å². The molecule has 0 bridgehead atoms. The van der Waals surface area contributed by atoms with Crippen LogP contribution in [-0.2, 0) is 13.0 Å². The van der Waals surface area contributed by atoms with E-state index in [2.05, 4.69) is 16.8 Å². The minimum absolute atomic E-state index is 0.0707. The Hall–Kier alpha value is -4.05. The van der Waals surface area contributed by atoms with Crippen molar-refractivity contribution in [1.29, 1.82) is 0 Å². The first-order valence-electron chi connectivity index (χ1n) is 11.9. The van der Waals surface area contributed by atoms with Gasteiger partial charge in [0.2, 0.25) is 0 Å². The van der Waals surface area contributed by atoms with Gasteiger partial charge in [0.05, 0.1) is 24.9 Å². The number of aliphatic hydroxyl groups is 2. The van der Waals surface area contributed by atoms with Crippen molar-refractivity contribution in [2.45, 2.75) is 38.9 Å². The summed E-state index contributed by atoms with van der Waals surface area (Å²) >= 11 is 0. The lowest BCUT2D eigenvalue weighted by Gasteiger charge is -2.23. The molecule has 0 radical (unpaired) electrons. The first-order valence-corrected chi connectivity index (χ1v) is 11.9. The van der Waals surface area contributed by atoms with Gasteiger partial charge in [-0.3, -0.25) is 4.79 Å². The number of amides is 1. The molecule has 6 heteroatoms. The monoisotopic (exact) mass is 482 g/mol. The molecule has 1 amide bonds. The number of hydrogen-bond acceptors (Lipinski definition) is 4. The molecule has 1 heterocycles. The fourth-order valence-electron chi connectivity index (χ4n) is 4.31. The molecule has 0 saturated carbocycles. The molecule has 36 heavy (non-hydrogen) atoms. The third-order valence-electron chi connectivity index (χ3n) is 6.00. The van der Waals surface area contributed by atoms with Crippen molar-refractivity contribution in [1.82, 2.24) is 4.98 Å². The van der Waals surface area contributed by atoms with E-state index in [9.17, 15) is 15.0 Å². The summed E-state index contributed by atoms with van der Waals surface area (Å²) in [4.78, 5) is 15.7. The number of para-hydroxylation sites is 1. The summed E-state index contributed by atoms with van der Waals surface area (Å²) in [5, 5.41) is 20.9. The Balaban J connectivity index is 1.81. The van der Waals surface area contributed by atoms with Gasteiger partial charge in [-0.15, -0.1) is 0 Å². The molecule has 1 aromatic heterocycles. The van der Waals surface area contributed by atoms with Gasteiger partial charge in [-0.1, -0.05) is 42.2 Å². The lowest BCUT2D eigenvalue weighted by atomic mass is 9.88. The number of ether oxygens (including phenoxy) is 1. The number of nitrogens with one attached hydrogen (secondary N) is 1. The van der Waals surface area contributed by atoms with Gasteiger partial charge >= 0.3 is 0 Å². The number of carbonyl (C=O) groups is 1. The van der Waals surface area contributed by atoms with Gasteiger partial charge in [-0.05, 0) is 61.7 Å². The number of H-pyrrole nitrogens is 1. The third kappa shape index (κ3) is 5.60. The van der Waals surface area contributed by atoms with Crippen molar-refractivity contribution >= 4 is 16.8 Å². The van der Waals surface area contributed by atoms with E-state index in [-0.39, 0.29) is 30.8 Å². The Morgan fingerprint density at radius 3 is 2.53 bits per heavy atom. The Labute approximate surface area is 210 Å². The van der Waals surface area contributed by atoms with Crippen LogP contribution in [0.4, 0.5) is 0 Å².